The third-order valence-corrected chi connectivity index (χ3v) is 4.12. The first-order valence-electron chi connectivity index (χ1n) is 5.25. The lowest BCUT2D eigenvalue weighted by Crippen LogP contribution is -2.47. The second kappa shape index (κ2) is 6.21. The SMILES string of the molecule is CCC(C)(CCl)NC(=O)c1cc(Br)cc(Br)c1. The largest absolute Gasteiger partial charge is 0.346 e. The lowest BCUT2D eigenvalue weighted by molar-refractivity contribution is 0.0912. The average molecular weight is 384 g/mol. The number of hydrogen-bond acceptors (Lipinski definition) is 1. The van der Waals surface area contributed by atoms with E-state index in [1.807, 2.05) is 19.9 Å². The number of halogens is 3. The number of alkyl halides is 1. The molecular formula is C12H14Br2ClNO. The number of hydrogen-bond donors (Lipinski definition) is 1. The van der Waals surface area contributed by atoms with Crippen molar-refractivity contribution in [3.63, 3.8) is 0 Å². The van der Waals surface area contributed by atoms with Crippen LogP contribution in [-0.2, 0) is 0 Å². The van der Waals surface area contributed by atoms with Crippen LogP contribution >= 0.6 is 43.5 Å². The molecule has 1 rings (SSSR count). The van der Waals surface area contributed by atoms with Crippen LogP contribution in [0.25, 0.3) is 0 Å². The number of benzene rings is 1. The molecule has 17 heavy (non-hydrogen) atoms. The monoisotopic (exact) mass is 381 g/mol. The van der Waals surface area contributed by atoms with Gasteiger partial charge in [-0.05, 0) is 31.5 Å². The Labute approximate surface area is 123 Å². The van der Waals surface area contributed by atoms with Crippen LogP contribution in [0.1, 0.15) is 30.6 Å². The normalized spacial score (nSPS) is 14.2. The van der Waals surface area contributed by atoms with E-state index in [4.69, 9.17) is 11.6 Å². The Morgan fingerprint density at radius 3 is 2.29 bits per heavy atom. The summed E-state index contributed by atoms with van der Waals surface area (Å²) in [5, 5.41) is 2.95. The zero-order valence-corrected chi connectivity index (χ0v) is 13.6. The van der Waals surface area contributed by atoms with E-state index in [-0.39, 0.29) is 11.4 Å². The fourth-order valence-corrected chi connectivity index (χ4v) is 2.80. The van der Waals surface area contributed by atoms with Crippen molar-refractivity contribution < 1.29 is 4.79 Å². The van der Waals surface area contributed by atoms with Gasteiger partial charge in [0.1, 0.15) is 0 Å². The van der Waals surface area contributed by atoms with Gasteiger partial charge in [-0.25, -0.2) is 0 Å². The molecule has 0 aliphatic rings. The zero-order valence-electron chi connectivity index (χ0n) is 9.69. The zero-order chi connectivity index (χ0) is 13.1. The second-order valence-electron chi connectivity index (χ2n) is 4.16. The fourth-order valence-electron chi connectivity index (χ4n) is 1.25. The van der Waals surface area contributed by atoms with Gasteiger partial charge in [0, 0.05) is 20.4 Å². The summed E-state index contributed by atoms with van der Waals surface area (Å²) in [4.78, 5) is 12.1. The van der Waals surface area contributed by atoms with E-state index in [0.29, 0.717) is 11.4 Å². The van der Waals surface area contributed by atoms with Crippen molar-refractivity contribution in [1.82, 2.24) is 5.32 Å². The number of rotatable bonds is 4. The molecule has 1 unspecified atom stereocenters. The molecule has 0 bridgehead atoms. The van der Waals surface area contributed by atoms with E-state index in [9.17, 15) is 4.79 Å². The molecule has 0 radical (unpaired) electrons. The van der Waals surface area contributed by atoms with Crippen LogP contribution in [0.4, 0.5) is 0 Å². The first-order chi connectivity index (χ1) is 7.90. The Bertz CT molecular complexity index is 399. The lowest BCUT2D eigenvalue weighted by Gasteiger charge is -2.27. The molecule has 0 saturated carbocycles. The molecule has 1 atom stereocenters. The van der Waals surface area contributed by atoms with Gasteiger partial charge in [-0.3, -0.25) is 4.79 Å². The highest BCUT2D eigenvalue weighted by Crippen LogP contribution is 2.21. The molecular weight excluding hydrogens is 369 g/mol. The third kappa shape index (κ3) is 4.27. The molecule has 0 heterocycles. The predicted octanol–water partition coefficient (Wildman–Crippen LogP) is 4.35. The third-order valence-electron chi connectivity index (χ3n) is 2.62. The molecule has 0 aliphatic heterocycles. The van der Waals surface area contributed by atoms with E-state index in [1.165, 1.54) is 0 Å². The van der Waals surface area contributed by atoms with Crippen molar-refractivity contribution in [3.8, 4) is 0 Å². The number of nitrogens with one attached hydrogen (secondary N) is 1. The number of carbonyl (C=O) groups is 1. The Balaban J connectivity index is 2.90. The summed E-state index contributed by atoms with van der Waals surface area (Å²) in [5.41, 5.74) is 0.240. The highest BCUT2D eigenvalue weighted by atomic mass is 79.9. The van der Waals surface area contributed by atoms with Gasteiger partial charge in [-0.2, -0.15) is 0 Å². The molecule has 1 aromatic carbocycles. The van der Waals surface area contributed by atoms with E-state index < -0.39 is 0 Å². The second-order valence-corrected chi connectivity index (χ2v) is 6.26. The van der Waals surface area contributed by atoms with Gasteiger partial charge < -0.3 is 5.32 Å². The van der Waals surface area contributed by atoms with E-state index in [2.05, 4.69) is 37.2 Å². The summed E-state index contributed by atoms with van der Waals surface area (Å²) in [7, 11) is 0. The maximum Gasteiger partial charge on any atom is 0.251 e. The minimum absolute atomic E-state index is 0.114. The van der Waals surface area contributed by atoms with Crippen LogP contribution < -0.4 is 5.32 Å². The molecule has 0 spiro atoms. The summed E-state index contributed by atoms with van der Waals surface area (Å²) in [6.07, 6.45) is 0.789. The van der Waals surface area contributed by atoms with Crippen molar-refractivity contribution >= 4 is 49.4 Å². The van der Waals surface area contributed by atoms with Crippen LogP contribution in [0.5, 0.6) is 0 Å². The Morgan fingerprint density at radius 1 is 1.35 bits per heavy atom. The minimum Gasteiger partial charge on any atom is -0.346 e. The van der Waals surface area contributed by atoms with Crippen LogP contribution in [0, 0.1) is 0 Å². The van der Waals surface area contributed by atoms with Gasteiger partial charge in [0.2, 0.25) is 0 Å². The summed E-state index contributed by atoms with van der Waals surface area (Å²) >= 11 is 12.6. The van der Waals surface area contributed by atoms with Crippen molar-refractivity contribution in [2.45, 2.75) is 25.8 Å². The topological polar surface area (TPSA) is 29.1 Å². The Hall–Kier alpha value is -0.0600. The van der Waals surface area contributed by atoms with E-state index >= 15 is 0 Å². The molecule has 1 N–H and O–H groups in total. The van der Waals surface area contributed by atoms with Crippen molar-refractivity contribution in [2.75, 3.05) is 5.88 Å². The standard InChI is InChI=1S/C12H14Br2ClNO/c1-3-12(2,7-15)16-11(17)8-4-9(13)6-10(14)5-8/h4-6H,3,7H2,1-2H3,(H,16,17). The smallest absolute Gasteiger partial charge is 0.251 e. The lowest BCUT2D eigenvalue weighted by atomic mass is 10.0. The van der Waals surface area contributed by atoms with Crippen LogP contribution in [0.15, 0.2) is 27.1 Å². The first-order valence-corrected chi connectivity index (χ1v) is 7.37. The van der Waals surface area contributed by atoms with Crippen LogP contribution in [0.2, 0.25) is 0 Å². The molecule has 1 amide bonds. The predicted molar refractivity (Wildman–Crippen MR) is 78.7 cm³/mol. The van der Waals surface area contributed by atoms with E-state index in [1.54, 1.807) is 12.1 Å². The molecule has 0 aliphatic carbocycles. The molecule has 0 saturated heterocycles. The Kier molecular flexibility index (Phi) is 5.48. The summed E-state index contributed by atoms with van der Waals surface area (Å²) in [6.45, 7) is 3.93. The maximum atomic E-state index is 12.1. The fraction of sp³-hybridized carbons (Fsp3) is 0.417. The van der Waals surface area contributed by atoms with Crippen LogP contribution in [-0.4, -0.2) is 17.3 Å². The summed E-state index contributed by atoms with van der Waals surface area (Å²) < 4.78 is 1.72. The Morgan fingerprint density at radius 2 is 1.88 bits per heavy atom. The average Bonchev–Trinajstić information content (AvgIpc) is 2.27. The van der Waals surface area contributed by atoms with Gasteiger partial charge in [0.25, 0.3) is 5.91 Å². The number of carbonyl (C=O) groups excluding carboxylic acids is 1. The first kappa shape index (κ1) is 15.0. The summed E-state index contributed by atoms with van der Waals surface area (Å²) in [5.74, 6) is 0.279. The molecule has 94 valence electrons. The molecule has 5 heteroatoms. The maximum absolute atomic E-state index is 12.1. The van der Waals surface area contributed by atoms with Gasteiger partial charge in [0.15, 0.2) is 0 Å². The highest BCUT2D eigenvalue weighted by molar-refractivity contribution is 9.11. The number of amides is 1. The van der Waals surface area contributed by atoms with Gasteiger partial charge in [-0.1, -0.05) is 38.8 Å². The van der Waals surface area contributed by atoms with Crippen molar-refractivity contribution in [2.24, 2.45) is 0 Å². The molecule has 0 aromatic heterocycles. The summed E-state index contributed by atoms with van der Waals surface area (Å²) in [6, 6.07) is 5.45. The quantitative estimate of drug-likeness (QED) is 0.770. The molecule has 2 nitrogen and oxygen atoms in total. The van der Waals surface area contributed by atoms with E-state index in [0.717, 1.165) is 15.4 Å². The highest BCUT2D eigenvalue weighted by Gasteiger charge is 2.23. The van der Waals surface area contributed by atoms with Crippen molar-refractivity contribution in [3.05, 3.63) is 32.7 Å². The van der Waals surface area contributed by atoms with Crippen molar-refractivity contribution in [1.29, 1.82) is 0 Å². The van der Waals surface area contributed by atoms with Gasteiger partial charge in [-0.15, -0.1) is 11.6 Å². The van der Waals surface area contributed by atoms with Gasteiger partial charge >= 0.3 is 0 Å². The van der Waals surface area contributed by atoms with Crippen LogP contribution in [0.3, 0.4) is 0 Å². The van der Waals surface area contributed by atoms with Gasteiger partial charge in [0.05, 0.1) is 5.54 Å². The molecule has 1 aromatic rings. The molecule has 0 fully saturated rings. The minimum atomic E-state index is -0.368.